The number of aliphatic hydroxyl groups is 1. The lowest BCUT2D eigenvalue weighted by atomic mass is 10.2. The number of rotatable bonds is 7. The van der Waals surface area contributed by atoms with Crippen molar-refractivity contribution in [2.75, 3.05) is 56.2 Å². The number of anilines is 2. The molecule has 1 atom stereocenters. The summed E-state index contributed by atoms with van der Waals surface area (Å²) >= 11 is 0. The van der Waals surface area contributed by atoms with E-state index in [0.29, 0.717) is 12.3 Å². The smallest absolute Gasteiger partial charge is 0.223 e. The second-order valence-electron chi connectivity index (χ2n) is 7.01. The van der Waals surface area contributed by atoms with E-state index in [1.807, 2.05) is 48.7 Å². The van der Waals surface area contributed by atoms with Crippen molar-refractivity contribution in [1.82, 2.24) is 9.88 Å². The van der Waals surface area contributed by atoms with Crippen molar-refractivity contribution >= 4 is 17.4 Å². The number of nitrogens with zero attached hydrogens (tertiary/aromatic N) is 4. The number of benzene rings is 1. The fourth-order valence-electron chi connectivity index (χ4n) is 3.19. The monoisotopic (exact) mass is 384 g/mol. The fraction of sp³-hybridized carbons (Fsp3) is 0.429. The van der Waals surface area contributed by atoms with Crippen molar-refractivity contribution in [1.29, 1.82) is 0 Å². The molecule has 0 bridgehead atoms. The van der Waals surface area contributed by atoms with Crippen LogP contribution >= 0.6 is 0 Å². The van der Waals surface area contributed by atoms with Crippen molar-refractivity contribution in [2.24, 2.45) is 0 Å². The van der Waals surface area contributed by atoms with Gasteiger partial charge in [-0.25, -0.2) is 4.98 Å². The Bertz CT molecular complexity index is 746. The van der Waals surface area contributed by atoms with Gasteiger partial charge >= 0.3 is 0 Å². The van der Waals surface area contributed by atoms with Crippen molar-refractivity contribution in [2.45, 2.75) is 13.0 Å². The maximum Gasteiger partial charge on any atom is 0.223 e. The Morgan fingerprint density at radius 2 is 1.89 bits per heavy atom. The molecule has 150 valence electrons. The van der Waals surface area contributed by atoms with Crippen LogP contribution in [0.15, 0.2) is 48.7 Å². The van der Waals surface area contributed by atoms with Gasteiger partial charge in [-0.15, -0.1) is 0 Å². The standard InChI is InChI=1S/C21H28N4O3/c1-17(26)23(2)18-6-8-20(9-7-18)28-16-19(27)15-24-11-13-25(14-12-24)21-5-3-4-10-22-21/h3-10,19,27H,11-16H2,1-2H3. The average molecular weight is 384 g/mol. The lowest BCUT2D eigenvalue weighted by molar-refractivity contribution is -0.116. The molecule has 7 heteroatoms. The molecule has 3 rings (SSSR count). The summed E-state index contributed by atoms with van der Waals surface area (Å²) in [7, 11) is 1.73. The third-order valence-electron chi connectivity index (χ3n) is 4.95. The molecule has 28 heavy (non-hydrogen) atoms. The highest BCUT2D eigenvalue weighted by Crippen LogP contribution is 2.19. The number of ether oxygens (including phenoxy) is 1. The van der Waals surface area contributed by atoms with Crippen molar-refractivity contribution in [3.63, 3.8) is 0 Å². The van der Waals surface area contributed by atoms with Gasteiger partial charge < -0.3 is 19.6 Å². The Labute approximate surface area is 166 Å². The number of pyridine rings is 1. The molecule has 1 aromatic heterocycles. The summed E-state index contributed by atoms with van der Waals surface area (Å²) in [5.41, 5.74) is 0.811. The molecule has 2 heterocycles. The zero-order valence-electron chi connectivity index (χ0n) is 16.5. The lowest BCUT2D eigenvalue weighted by Crippen LogP contribution is -2.49. The Morgan fingerprint density at radius 1 is 1.18 bits per heavy atom. The molecule has 1 aromatic carbocycles. The number of piperazine rings is 1. The molecule has 1 saturated heterocycles. The number of aliphatic hydroxyl groups excluding tert-OH is 1. The zero-order valence-corrected chi connectivity index (χ0v) is 16.5. The van der Waals surface area contributed by atoms with E-state index < -0.39 is 6.10 Å². The summed E-state index contributed by atoms with van der Waals surface area (Å²) in [4.78, 5) is 21.9. The summed E-state index contributed by atoms with van der Waals surface area (Å²) in [5.74, 6) is 1.66. The van der Waals surface area contributed by atoms with Crippen molar-refractivity contribution in [3.8, 4) is 5.75 Å². The van der Waals surface area contributed by atoms with Crippen LogP contribution in [-0.4, -0.2) is 73.4 Å². The Kier molecular flexibility index (Phi) is 6.84. The van der Waals surface area contributed by atoms with E-state index in [1.165, 1.54) is 6.92 Å². The van der Waals surface area contributed by atoms with Gasteiger partial charge in [0.1, 0.15) is 24.3 Å². The Hall–Kier alpha value is -2.64. The van der Waals surface area contributed by atoms with Gasteiger partial charge in [0.05, 0.1) is 0 Å². The van der Waals surface area contributed by atoms with Gasteiger partial charge in [0, 0.05) is 58.6 Å². The molecule has 1 fully saturated rings. The number of β-amino-alcohol motifs (C(OH)–C–C–N with tert-alkyl or cyclic N) is 1. The molecule has 0 saturated carbocycles. The molecule has 2 aromatic rings. The van der Waals surface area contributed by atoms with Gasteiger partial charge in [-0.3, -0.25) is 9.69 Å². The normalized spacial score (nSPS) is 15.9. The van der Waals surface area contributed by atoms with E-state index in [1.54, 1.807) is 11.9 Å². The number of carbonyl (C=O) groups excluding carboxylic acids is 1. The van der Waals surface area contributed by atoms with Gasteiger partial charge in [0.2, 0.25) is 5.91 Å². The highest BCUT2D eigenvalue weighted by Gasteiger charge is 2.20. The highest BCUT2D eigenvalue weighted by atomic mass is 16.5. The second-order valence-corrected chi connectivity index (χ2v) is 7.01. The molecule has 1 amide bonds. The van der Waals surface area contributed by atoms with E-state index in [9.17, 15) is 9.90 Å². The predicted molar refractivity (Wildman–Crippen MR) is 110 cm³/mol. The van der Waals surface area contributed by atoms with E-state index >= 15 is 0 Å². The van der Waals surface area contributed by atoms with Crippen LogP contribution in [0.5, 0.6) is 5.75 Å². The first-order valence-electron chi connectivity index (χ1n) is 9.56. The minimum absolute atomic E-state index is 0.0211. The van der Waals surface area contributed by atoms with E-state index in [4.69, 9.17) is 4.74 Å². The lowest BCUT2D eigenvalue weighted by Gasteiger charge is -2.36. The summed E-state index contributed by atoms with van der Waals surface area (Å²) in [6.45, 7) is 5.92. The van der Waals surface area contributed by atoms with Crippen LogP contribution in [0, 0.1) is 0 Å². The highest BCUT2D eigenvalue weighted by molar-refractivity contribution is 5.90. The molecule has 7 nitrogen and oxygen atoms in total. The Balaban J connectivity index is 1.40. The third-order valence-corrected chi connectivity index (χ3v) is 4.95. The molecular formula is C21H28N4O3. The predicted octanol–water partition coefficient (Wildman–Crippen LogP) is 1.63. The van der Waals surface area contributed by atoms with Gasteiger partial charge in [0.15, 0.2) is 0 Å². The first-order valence-corrected chi connectivity index (χ1v) is 9.56. The van der Waals surface area contributed by atoms with Crippen molar-refractivity contribution < 1.29 is 14.6 Å². The largest absolute Gasteiger partial charge is 0.491 e. The summed E-state index contributed by atoms with van der Waals surface area (Å²) < 4.78 is 5.69. The minimum atomic E-state index is -0.555. The van der Waals surface area contributed by atoms with Crippen LogP contribution in [0.2, 0.25) is 0 Å². The first-order chi connectivity index (χ1) is 13.5. The van der Waals surface area contributed by atoms with Crippen LogP contribution in [0.1, 0.15) is 6.92 Å². The molecule has 0 spiro atoms. The number of carbonyl (C=O) groups is 1. The maximum atomic E-state index is 11.4. The maximum absolute atomic E-state index is 11.4. The quantitative estimate of drug-likeness (QED) is 0.783. The van der Waals surface area contributed by atoms with Crippen LogP contribution in [0.4, 0.5) is 11.5 Å². The summed E-state index contributed by atoms with van der Waals surface area (Å²) in [5, 5.41) is 10.3. The SMILES string of the molecule is CC(=O)N(C)c1ccc(OCC(O)CN2CCN(c3ccccn3)CC2)cc1. The zero-order chi connectivity index (χ0) is 19.9. The van der Waals surface area contributed by atoms with Gasteiger partial charge in [-0.05, 0) is 36.4 Å². The average Bonchev–Trinajstić information content (AvgIpc) is 2.73. The van der Waals surface area contributed by atoms with Crippen LogP contribution in [0.3, 0.4) is 0 Å². The molecule has 1 N–H and O–H groups in total. The third kappa shape index (κ3) is 5.43. The molecular weight excluding hydrogens is 356 g/mol. The minimum Gasteiger partial charge on any atom is -0.491 e. The van der Waals surface area contributed by atoms with E-state index in [2.05, 4.69) is 14.8 Å². The molecule has 0 aliphatic carbocycles. The number of aromatic nitrogens is 1. The van der Waals surface area contributed by atoms with Crippen LogP contribution < -0.4 is 14.5 Å². The van der Waals surface area contributed by atoms with Gasteiger partial charge in [0.25, 0.3) is 0 Å². The van der Waals surface area contributed by atoms with Gasteiger partial charge in [-0.1, -0.05) is 6.07 Å². The summed E-state index contributed by atoms with van der Waals surface area (Å²) in [6, 6.07) is 13.2. The van der Waals surface area contributed by atoms with Crippen LogP contribution in [-0.2, 0) is 4.79 Å². The van der Waals surface area contributed by atoms with E-state index in [-0.39, 0.29) is 12.5 Å². The molecule has 1 aliphatic heterocycles. The second kappa shape index (κ2) is 9.52. The molecule has 1 unspecified atom stereocenters. The molecule has 0 radical (unpaired) electrons. The summed E-state index contributed by atoms with van der Waals surface area (Å²) in [6.07, 6.45) is 1.26. The number of amides is 1. The van der Waals surface area contributed by atoms with Gasteiger partial charge in [-0.2, -0.15) is 0 Å². The fourth-order valence-corrected chi connectivity index (χ4v) is 3.19. The van der Waals surface area contributed by atoms with E-state index in [0.717, 1.165) is 37.7 Å². The topological polar surface area (TPSA) is 69.1 Å². The van der Waals surface area contributed by atoms with Crippen molar-refractivity contribution in [3.05, 3.63) is 48.7 Å². The Morgan fingerprint density at radius 3 is 2.50 bits per heavy atom. The number of hydrogen-bond acceptors (Lipinski definition) is 6. The first kappa shape index (κ1) is 20.1. The number of hydrogen-bond donors (Lipinski definition) is 1. The van der Waals surface area contributed by atoms with Crippen LogP contribution in [0.25, 0.3) is 0 Å². The molecule has 1 aliphatic rings.